The van der Waals surface area contributed by atoms with E-state index in [1.165, 1.54) is 6.92 Å². The predicted molar refractivity (Wildman–Crippen MR) is 58.6 cm³/mol. The Kier molecular flexibility index (Phi) is 3.11. The van der Waals surface area contributed by atoms with Crippen LogP contribution < -0.4 is 0 Å². The largest absolute Gasteiger partial charge is 0.515 e. The number of aliphatic hydroxyl groups excluding tert-OH is 1. The molecule has 0 amide bonds. The van der Waals surface area contributed by atoms with Gasteiger partial charge in [-0.25, -0.2) is 4.79 Å². The number of aromatic carboxylic acids is 1. The number of hydrogen-bond acceptors (Lipinski definition) is 4. The molecule has 0 aromatic carbocycles. The number of fused-ring (bicyclic) bond motifs is 1. The van der Waals surface area contributed by atoms with Crippen LogP contribution in [0.25, 0.3) is 0 Å². The van der Waals surface area contributed by atoms with Gasteiger partial charge in [-0.05, 0) is 5.92 Å². The normalized spacial score (nSPS) is 21.1. The molecule has 5 nitrogen and oxygen atoms in total. The van der Waals surface area contributed by atoms with Crippen molar-refractivity contribution in [3.63, 3.8) is 0 Å². The number of furan rings is 1. The van der Waals surface area contributed by atoms with Crippen molar-refractivity contribution in [2.75, 3.05) is 0 Å². The fraction of sp³-hybridized carbons (Fsp3) is 0.333. The lowest BCUT2D eigenvalue weighted by Gasteiger charge is -2.19. The maximum Gasteiger partial charge on any atom is 0.421 e. The van der Waals surface area contributed by atoms with Crippen molar-refractivity contribution in [3.05, 3.63) is 34.5 Å². The summed E-state index contributed by atoms with van der Waals surface area (Å²) in [5.74, 6) is -5.15. The fourth-order valence-electron chi connectivity index (χ4n) is 2.23. The molecule has 108 valence electrons. The first-order chi connectivity index (χ1) is 9.18. The number of carboxylic acid groups (broad SMARTS) is 1. The molecule has 0 spiro atoms. The second-order valence-corrected chi connectivity index (χ2v) is 4.43. The van der Waals surface area contributed by atoms with E-state index in [0.29, 0.717) is 6.26 Å². The number of ketones is 1. The molecular formula is C12H9F3O5. The average molecular weight is 290 g/mol. The minimum Gasteiger partial charge on any atom is -0.515 e. The number of carboxylic acids is 1. The highest BCUT2D eigenvalue weighted by molar-refractivity contribution is 6.12. The second kappa shape index (κ2) is 4.39. The summed E-state index contributed by atoms with van der Waals surface area (Å²) in [6, 6.07) is 0. The van der Waals surface area contributed by atoms with Crippen LogP contribution in [-0.2, 0) is 12.6 Å². The molecule has 20 heavy (non-hydrogen) atoms. The zero-order chi connectivity index (χ0) is 15.2. The Balaban J connectivity index is 2.77. The van der Waals surface area contributed by atoms with Crippen LogP contribution in [-0.4, -0.2) is 22.0 Å². The third-order valence-corrected chi connectivity index (χ3v) is 3.11. The van der Waals surface area contributed by atoms with E-state index in [-0.39, 0.29) is 17.8 Å². The number of carbonyl (C=O) groups excluding carboxylic acids is 1. The lowest BCUT2D eigenvalue weighted by atomic mass is 9.82. The van der Waals surface area contributed by atoms with Gasteiger partial charge in [0, 0.05) is 12.0 Å². The third-order valence-electron chi connectivity index (χ3n) is 3.11. The Labute approximate surface area is 110 Å². The van der Waals surface area contributed by atoms with Crippen molar-refractivity contribution in [2.45, 2.75) is 19.5 Å². The van der Waals surface area contributed by atoms with E-state index in [1.54, 1.807) is 0 Å². The number of alkyl halides is 3. The van der Waals surface area contributed by atoms with E-state index in [4.69, 9.17) is 14.6 Å². The maximum atomic E-state index is 13.0. The molecule has 0 aliphatic heterocycles. The average Bonchev–Trinajstić information content (AvgIpc) is 2.68. The van der Waals surface area contributed by atoms with Gasteiger partial charge in [-0.3, -0.25) is 4.79 Å². The molecule has 2 rings (SSSR count). The van der Waals surface area contributed by atoms with Crippen molar-refractivity contribution in [1.82, 2.24) is 0 Å². The number of allylic oxidation sites excluding steroid dienone is 1. The van der Waals surface area contributed by atoms with Crippen LogP contribution in [0.3, 0.4) is 0 Å². The van der Waals surface area contributed by atoms with Crippen LogP contribution in [0.2, 0.25) is 0 Å². The molecule has 0 saturated heterocycles. The van der Waals surface area contributed by atoms with Crippen LogP contribution in [0.1, 0.15) is 39.2 Å². The van der Waals surface area contributed by atoms with Crippen LogP contribution in [0.5, 0.6) is 0 Å². The predicted octanol–water partition coefficient (Wildman–Crippen LogP) is 2.81. The van der Waals surface area contributed by atoms with Gasteiger partial charge in [0.1, 0.15) is 11.3 Å². The molecule has 2 N–H and O–H groups in total. The molecule has 1 aromatic heterocycles. The molecule has 8 heteroatoms. The lowest BCUT2D eigenvalue weighted by molar-refractivity contribution is -0.138. The number of Topliss-reactive ketones (excluding diaryl/α,β-unsaturated/α-hetero) is 1. The second-order valence-electron chi connectivity index (χ2n) is 4.43. The topological polar surface area (TPSA) is 87.7 Å². The minimum atomic E-state index is -5.04. The van der Waals surface area contributed by atoms with Gasteiger partial charge < -0.3 is 14.6 Å². The Hall–Kier alpha value is -2.25. The monoisotopic (exact) mass is 290 g/mol. The quantitative estimate of drug-likeness (QED) is 0.613. The standard InChI is InChI=1S/C12H9F3O5/c1-4-2-6-7(9(17)5(4)3-16)8(12(13,14)15)10(20-6)11(18)19/h3-4,16H,2H2,1H3,(H,18,19). The van der Waals surface area contributed by atoms with Crippen LogP contribution in [0.4, 0.5) is 13.2 Å². The van der Waals surface area contributed by atoms with E-state index in [2.05, 4.69) is 0 Å². The highest BCUT2D eigenvalue weighted by Crippen LogP contribution is 2.42. The van der Waals surface area contributed by atoms with E-state index in [1.807, 2.05) is 0 Å². The molecule has 1 unspecified atom stereocenters. The summed E-state index contributed by atoms with van der Waals surface area (Å²) in [5.41, 5.74) is -2.63. The molecule has 1 atom stereocenters. The molecule has 0 radical (unpaired) electrons. The smallest absolute Gasteiger partial charge is 0.421 e. The fourth-order valence-corrected chi connectivity index (χ4v) is 2.23. The highest BCUT2D eigenvalue weighted by Gasteiger charge is 2.47. The van der Waals surface area contributed by atoms with Crippen LogP contribution in [0.15, 0.2) is 16.3 Å². The van der Waals surface area contributed by atoms with Crippen molar-refractivity contribution in [3.8, 4) is 0 Å². The summed E-state index contributed by atoms with van der Waals surface area (Å²) in [6.07, 6.45) is -4.69. The molecule has 0 saturated carbocycles. The van der Waals surface area contributed by atoms with Gasteiger partial charge >= 0.3 is 12.1 Å². The Morgan fingerprint density at radius 3 is 2.50 bits per heavy atom. The van der Waals surface area contributed by atoms with Gasteiger partial charge in [0.2, 0.25) is 5.76 Å². The zero-order valence-electron chi connectivity index (χ0n) is 10.1. The Morgan fingerprint density at radius 2 is 2.05 bits per heavy atom. The molecule has 1 aliphatic rings. The maximum absolute atomic E-state index is 13.0. The van der Waals surface area contributed by atoms with Gasteiger partial charge in [-0.2, -0.15) is 13.2 Å². The van der Waals surface area contributed by atoms with E-state index in [0.717, 1.165) is 0 Å². The number of halogens is 3. The lowest BCUT2D eigenvalue weighted by Crippen LogP contribution is -2.24. The summed E-state index contributed by atoms with van der Waals surface area (Å²) in [4.78, 5) is 22.8. The number of aliphatic hydroxyl groups is 1. The van der Waals surface area contributed by atoms with Gasteiger partial charge in [0.15, 0.2) is 5.78 Å². The summed E-state index contributed by atoms with van der Waals surface area (Å²) < 4.78 is 43.6. The summed E-state index contributed by atoms with van der Waals surface area (Å²) in [6.45, 7) is 1.51. The first-order valence-corrected chi connectivity index (χ1v) is 5.53. The van der Waals surface area contributed by atoms with E-state index < -0.39 is 40.7 Å². The van der Waals surface area contributed by atoms with E-state index >= 15 is 0 Å². The number of rotatable bonds is 1. The molecule has 0 bridgehead atoms. The van der Waals surface area contributed by atoms with Crippen molar-refractivity contribution in [1.29, 1.82) is 0 Å². The summed E-state index contributed by atoms with van der Waals surface area (Å²) >= 11 is 0. The van der Waals surface area contributed by atoms with Crippen molar-refractivity contribution in [2.24, 2.45) is 5.92 Å². The Bertz CT molecular complexity index is 624. The molecular weight excluding hydrogens is 281 g/mol. The molecule has 1 heterocycles. The zero-order valence-corrected chi connectivity index (χ0v) is 10.1. The van der Waals surface area contributed by atoms with Crippen LogP contribution in [0, 0.1) is 5.92 Å². The third kappa shape index (κ3) is 1.97. The molecule has 0 fully saturated rings. The molecule has 1 aromatic rings. The first-order valence-electron chi connectivity index (χ1n) is 5.53. The van der Waals surface area contributed by atoms with Gasteiger partial charge in [0.05, 0.1) is 11.8 Å². The van der Waals surface area contributed by atoms with E-state index in [9.17, 15) is 22.8 Å². The number of hydrogen-bond donors (Lipinski definition) is 2. The SMILES string of the molecule is CC1Cc2oc(C(=O)O)c(C(F)(F)F)c2C(=O)C1=CO. The first kappa shape index (κ1) is 14.2. The van der Waals surface area contributed by atoms with Crippen molar-refractivity contribution >= 4 is 11.8 Å². The summed E-state index contributed by atoms with van der Waals surface area (Å²) in [5, 5.41) is 17.7. The van der Waals surface area contributed by atoms with Gasteiger partial charge in [-0.15, -0.1) is 0 Å². The van der Waals surface area contributed by atoms with Crippen LogP contribution >= 0.6 is 0 Å². The minimum absolute atomic E-state index is 0.0934. The van der Waals surface area contributed by atoms with Crippen molar-refractivity contribution < 1.29 is 37.4 Å². The van der Waals surface area contributed by atoms with Gasteiger partial charge in [0.25, 0.3) is 0 Å². The Morgan fingerprint density at radius 1 is 1.45 bits per heavy atom. The van der Waals surface area contributed by atoms with Gasteiger partial charge in [-0.1, -0.05) is 6.92 Å². The molecule has 1 aliphatic carbocycles. The highest BCUT2D eigenvalue weighted by atomic mass is 19.4. The number of carbonyl (C=O) groups is 2. The summed E-state index contributed by atoms with van der Waals surface area (Å²) in [7, 11) is 0.